The molecule has 25 heavy (non-hydrogen) atoms. The Morgan fingerprint density at radius 2 is 2.12 bits per heavy atom. The molecule has 128 valence electrons. The second-order valence-electron chi connectivity index (χ2n) is 6.60. The lowest BCUT2D eigenvalue weighted by atomic mass is 10.2. The molecule has 0 aliphatic carbocycles. The number of rotatable bonds is 2. The van der Waals surface area contributed by atoms with Crippen molar-refractivity contribution in [2.45, 2.75) is 26.3 Å². The van der Waals surface area contributed by atoms with Crippen LogP contribution in [0.3, 0.4) is 0 Å². The first kappa shape index (κ1) is 15.6. The normalized spacial score (nSPS) is 17.2. The molecule has 1 saturated heterocycles. The van der Waals surface area contributed by atoms with Gasteiger partial charge in [-0.1, -0.05) is 6.07 Å². The predicted octanol–water partition coefficient (Wildman–Crippen LogP) is 3.53. The molecule has 1 fully saturated rings. The van der Waals surface area contributed by atoms with Crippen molar-refractivity contribution in [3.05, 3.63) is 54.0 Å². The molecule has 2 aromatic heterocycles. The van der Waals surface area contributed by atoms with Gasteiger partial charge in [0.25, 0.3) is 0 Å². The van der Waals surface area contributed by atoms with E-state index in [2.05, 4.69) is 28.4 Å². The van der Waals surface area contributed by atoms with Gasteiger partial charge in [-0.15, -0.1) is 0 Å². The summed E-state index contributed by atoms with van der Waals surface area (Å²) in [5.41, 5.74) is 3.88. The van der Waals surface area contributed by atoms with Crippen LogP contribution in [0.25, 0.3) is 10.9 Å². The fraction of sp³-hybridized carbons (Fsp3) is 0.316. The van der Waals surface area contributed by atoms with E-state index in [0.717, 1.165) is 40.9 Å². The summed E-state index contributed by atoms with van der Waals surface area (Å²) in [6.45, 7) is 5.48. The molecular weight excluding hydrogens is 314 g/mol. The quantitative estimate of drug-likeness (QED) is 0.779. The summed E-state index contributed by atoms with van der Waals surface area (Å²) in [7, 11) is 0. The van der Waals surface area contributed by atoms with Gasteiger partial charge >= 0.3 is 6.03 Å². The van der Waals surface area contributed by atoms with Crippen molar-refractivity contribution in [2.75, 3.05) is 18.4 Å². The summed E-state index contributed by atoms with van der Waals surface area (Å²) in [5.74, 6) is 0. The van der Waals surface area contributed by atoms with E-state index < -0.39 is 0 Å². The lowest BCUT2D eigenvalue weighted by Gasteiger charge is -2.18. The zero-order valence-electron chi connectivity index (χ0n) is 14.4. The molecule has 4 rings (SSSR count). The third kappa shape index (κ3) is 3.07. The maximum Gasteiger partial charge on any atom is 0.321 e. The number of pyridine rings is 1. The van der Waals surface area contributed by atoms with Crippen LogP contribution in [0.5, 0.6) is 0 Å². The Morgan fingerprint density at radius 3 is 2.92 bits per heavy atom. The molecule has 0 spiro atoms. The topological polar surface area (TPSA) is 63.1 Å². The number of hydrogen-bond donors (Lipinski definition) is 1. The fourth-order valence-corrected chi connectivity index (χ4v) is 3.50. The number of benzene rings is 1. The minimum absolute atomic E-state index is 0.0627. The molecule has 3 heterocycles. The minimum Gasteiger partial charge on any atom is -0.322 e. The monoisotopic (exact) mass is 335 g/mol. The zero-order chi connectivity index (χ0) is 17.4. The Balaban J connectivity index is 1.45. The Hall–Kier alpha value is -2.89. The van der Waals surface area contributed by atoms with E-state index in [9.17, 15) is 4.79 Å². The Labute approximate surface area is 146 Å². The van der Waals surface area contributed by atoms with Crippen molar-refractivity contribution in [1.82, 2.24) is 19.7 Å². The second kappa shape index (κ2) is 6.20. The van der Waals surface area contributed by atoms with E-state index in [1.807, 2.05) is 46.8 Å². The van der Waals surface area contributed by atoms with Crippen molar-refractivity contribution in [1.29, 1.82) is 0 Å². The van der Waals surface area contributed by atoms with Crippen LogP contribution < -0.4 is 5.32 Å². The first-order valence-corrected chi connectivity index (χ1v) is 8.53. The molecule has 0 bridgehead atoms. The molecule has 0 radical (unpaired) electrons. The third-order valence-electron chi connectivity index (χ3n) is 4.70. The van der Waals surface area contributed by atoms with Gasteiger partial charge in [0.1, 0.15) is 0 Å². The van der Waals surface area contributed by atoms with Gasteiger partial charge in [-0.05, 0) is 50.6 Å². The van der Waals surface area contributed by atoms with Crippen molar-refractivity contribution in [3.8, 4) is 0 Å². The molecule has 6 heteroatoms. The molecule has 1 atom stereocenters. The summed E-state index contributed by atoms with van der Waals surface area (Å²) in [6, 6.07) is 11.9. The van der Waals surface area contributed by atoms with Crippen molar-refractivity contribution < 1.29 is 4.79 Å². The third-order valence-corrected chi connectivity index (χ3v) is 4.70. The molecule has 2 amide bonds. The van der Waals surface area contributed by atoms with Gasteiger partial charge in [0.2, 0.25) is 0 Å². The number of amides is 2. The molecule has 1 N–H and O–H groups in total. The lowest BCUT2D eigenvalue weighted by Crippen LogP contribution is -2.33. The average Bonchev–Trinajstić information content (AvgIpc) is 3.21. The van der Waals surface area contributed by atoms with Gasteiger partial charge in [-0.25, -0.2) is 4.79 Å². The number of hydrogen-bond acceptors (Lipinski definition) is 3. The van der Waals surface area contributed by atoms with Crippen LogP contribution in [0.4, 0.5) is 10.5 Å². The van der Waals surface area contributed by atoms with Crippen LogP contribution in [0, 0.1) is 13.8 Å². The first-order valence-electron chi connectivity index (χ1n) is 8.53. The largest absolute Gasteiger partial charge is 0.322 e. The molecule has 1 aromatic carbocycles. The number of nitrogens with one attached hydrogen (secondary N) is 1. The van der Waals surface area contributed by atoms with Crippen LogP contribution in [0.15, 0.2) is 42.6 Å². The second-order valence-corrected chi connectivity index (χ2v) is 6.60. The van der Waals surface area contributed by atoms with Crippen molar-refractivity contribution in [3.63, 3.8) is 0 Å². The highest BCUT2D eigenvalue weighted by molar-refractivity contribution is 5.92. The molecule has 6 nitrogen and oxygen atoms in total. The Morgan fingerprint density at radius 1 is 1.24 bits per heavy atom. The molecule has 1 aliphatic heterocycles. The number of aryl methyl sites for hydroxylation is 2. The zero-order valence-corrected chi connectivity index (χ0v) is 14.4. The first-order chi connectivity index (χ1) is 12.1. The molecule has 1 aliphatic rings. The smallest absolute Gasteiger partial charge is 0.321 e. The summed E-state index contributed by atoms with van der Waals surface area (Å²) in [6.07, 6.45) is 2.70. The highest BCUT2D eigenvalue weighted by Gasteiger charge is 2.28. The van der Waals surface area contributed by atoms with Crippen molar-refractivity contribution in [2.24, 2.45) is 0 Å². The molecule has 3 aromatic rings. The van der Waals surface area contributed by atoms with E-state index in [4.69, 9.17) is 0 Å². The van der Waals surface area contributed by atoms with Gasteiger partial charge in [0, 0.05) is 36.1 Å². The van der Waals surface area contributed by atoms with Gasteiger partial charge in [-0.3, -0.25) is 9.67 Å². The van der Waals surface area contributed by atoms with Gasteiger partial charge < -0.3 is 10.2 Å². The predicted molar refractivity (Wildman–Crippen MR) is 97.7 cm³/mol. The van der Waals surface area contributed by atoms with Crippen LogP contribution in [0.2, 0.25) is 0 Å². The number of urea groups is 1. The maximum atomic E-state index is 12.6. The molecule has 0 unspecified atom stereocenters. The van der Waals surface area contributed by atoms with E-state index in [1.165, 1.54) is 0 Å². The van der Waals surface area contributed by atoms with E-state index >= 15 is 0 Å². The summed E-state index contributed by atoms with van der Waals surface area (Å²) < 4.78 is 2.05. The van der Waals surface area contributed by atoms with Crippen LogP contribution >= 0.6 is 0 Å². The van der Waals surface area contributed by atoms with Gasteiger partial charge in [0.05, 0.1) is 17.3 Å². The number of carbonyl (C=O) groups is 1. The molecule has 0 saturated carbocycles. The Bertz CT molecular complexity index is 932. The van der Waals surface area contributed by atoms with Crippen LogP contribution in [-0.4, -0.2) is 38.8 Å². The molecular formula is C19H21N5O. The number of nitrogens with zero attached hydrogens (tertiary/aromatic N) is 4. The van der Waals surface area contributed by atoms with Gasteiger partial charge in [0.15, 0.2) is 0 Å². The number of aromatic nitrogens is 3. The number of anilines is 1. The fourth-order valence-electron chi connectivity index (χ4n) is 3.50. The number of likely N-dealkylation sites (tertiary alicyclic amines) is 1. The van der Waals surface area contributed by atoms with E-state index in [0.29, 0.717) is 6.54 Å². The highest BCUT2D eigenvalue weighted by Crippen LogP contribution is 2.24. The Kier molecular flexibility index (Phi) is 3.87. The minimum atomic E-state index is -0.0627. The average molecular weight is 335 g/mol. The lowest BCUT2D eigenvalue weighted by molar-refractivity contribution is 0.220. The number of fused-ring (bicyclic) bond motifs is 1. The van der Waals surface area contributed by atoms with Crippen molar-refractivity contribution >= 4 is 22.6 Å². The summed E-state index contributed by atoms with van der Waals surface area (Å²) >= 11 is 0. The van der Waals surface area contributed by atoms with E-state index in [1.54, 1.807) is 6.20 Å². The SMILES string of the molecule is Cc1cc(C)n([C@@H]2CCN(C(=O)Nc3ccc4ncccc4c3)C2)n1. The highest BCUT2D eigenvalue weighted by atomic mass is 16.2. The summed E-state index contributed by atoms with van der Waals surface area (Å²) in [5, 5.41) is 8.57. The standard InChI is InChI=1S/C19H21N5O/c1-13-10-14(2)24(22-13)17-7-9-23(12-17)19(25)21-16-5-6-18-15(11-16)4-3-8-20-18/h3-6,8,10-11,17H,7,9,12H2,1-2H3,(H,21,25)/t17-/m1/s1. The summed E-state index contributed by atoms with van der Waals surface area (Å²) in [4.78, 5) is 18.7. The number of carbonyl (C=O) groups excluding carboxylic acids is 1. The van der Waals surface area contributed by atoms with Crippen LogP contribution in [-0.2, 0) is 0 Å². The van der Waals surface area contributed by atoms with Crippen LogP contribution in [0.1, 0.15) is 23.9 Å². The van der Waals surface area contributed by atoms with E-state index in [-0.39, 0.29) is 12.1 Å². The van der Waals surface area contributed by atoms with Gasteiger partial charge in [-0.2, -0.15) is 5.10 Å². The maximum absolute atomic E-state index is 12.6.